The average molecular weight is 388 g/mol. The Kier molecular flexibility index (Phi) is 5.15. The Balaban J connectivity index is 1.77. The minimum Gasteiger partial charge on any atom is -0.339 e. The van der Waals surface area contributed by atoms with Gasteiger partial charge in [-0.05, 0) is 49.7 Å². The van der Waals surface area contributed by atoms with E-state index >= 15 is 0 Å². The monoisotopic (exact) mass is 387 g/mol. The quantitative estimate of drug-likeness (QED) is 0.653. The van der Waals surface area contributed by atoms with Gasteiger partial charge in [-0.3, -0.25) is 4.72 Å². The maximum absolute atomic E-state index is 12.6. The Morgan fingerprint density at radius 3 is 2.42 bits per heavy atom. The molecule has 1 heterocycles. The van der Waals surface area contributed by atoms with Crippen LogP contribution in [0.15, 0.2) is 65.7 Å². The molecule has 5 nitrogen and oxygen atoms in total. The van der Waals surface area contributed by atoms with Crippen LogP contribution < -0.4 is 10.0 Å². The Morgan fingerprint density at radius 2 is 1.77 bits per heavy atom. The third-order valence-electron chi connectivity index (χ3n) is 3.77. The number of aryl methyl sites for hydroxylation is 2. The van der Waals surface area contributed by atoms with Crippen molar-refractivity contribution >= 4 is 38.8 Å². The van der Waals surface area contributed by atoms with Crippen LogP contribution in [0.25, 0.3) is 0 Å². The second-order valence-electron chi connectivity index (χ2n) is 5.91. The molecule has 0 spiro atoms. The number of sulfonamides is 1. The van der Waals surface area contributed by atoms with Crippen LogP contribution in [0.3, 0.4) is 0 Å². The zero-order valence-electron chi connectivity index (χ0n) is 14.3. The maximum atomic E-state index is 12.6. The Hall–Kier alpha value is -2.57. The van der Waals surface area contributed by atoms with Gasteiger partial charge in [0.25, 0.3) is 10.0 Å². The van der Waals surface area contributed by atoms with Gasteiger partial charge in [0.2, 0.25) is 0 Å². The fourth-order valence-corrected chi connectivity index (χ4v) is 3.99. The zero-order chi connectivity index (χ0) is 18.7. The number of nitrogens with zero attached hydrogens (tertiary/aromatic N) is 1. The molecule has 2 aromatic carbocycles. The zero-order valence-corrected chi connectivity index (χ0v) is 15.9. The summed E-state index contributed by atoms with van der Waals surface area (Å²) in [6.07, 6.45) is 1.46. The summed E-state index contributed by atoms with van der Waals surface area (Å²) in [7, 11) is -3.67. The number of pyridine rings is 1. The fraction of sp³-hybridized carbons (Fsp3) is 0.105. The van der Waals surface area contributed by atoms with Crippen molar-refractivity contribution in [3.05, 3.63) is 76.9 Å². The molecule has 7 heteroatoms. The molecular weight excluding hydrogens is 370 g/mol. The van der Waals surface area contributed by atoms with E-state index in [9.17, 15) is 8.42 Å². The number of hydrogen-bond acceptors (Lipinski definition) is 4. The predicted molar refractivity (Wildman–Crippen MR) is 106 cm³/mol. The summed E-state index contributed by atoms with van der Waals surface area (Å²) < 4.78 is 27.7. The molecule has 0 unspecified atom stereocenters. The van der Waals surface area contributed by atoms with Crippen molar-refractivity contribution in [1.82, 2.24) is 4.98 Å². The molecule has 0 saturated heterocycles. The van der Waals surface area contributed by atoms with E-state index in [1.165, 1.54) is 6.20 Å². The number of benzene rings is 2. The van der Waals surface area contributed by atoms with Gasteiger partial charge >= 0.3 is 0 Å². The highest BCUT2D eigenvalue weighted by Gasteiger charge is 2.17. The second-order valence-corrected chi connectivity index (χ2v) is 7.97. The molecule has 0 aliphatic rings. The minimum atomic E-state index is -3.67. The summed E-state index contributed by atoms with van der Waals surface area (Å²) in [4.78, 5) is 4.48. The number of anilines is 3. The van der Waals surface area contributed by atoms with E-state index in [0.717, 1.165) is 11.3 Å². The Labute approximate surface area is 158 Å². The van der Waals surface area contributed by atoms with Gasteiger partial charge in [0.15, 0.2) is 0 Å². The van der Waals surface area contributed by atoms with Crippen LogP contribution in [0.5, 0.6) is 0 Å². The highest BCUT2D eigenvalue weighted by atomic mass is 35.5. The number of hydrogen-bond donors (Lipinski definition) is 2. The third kappa shape index (κ3) is 4.15. The van der Waals surface area contributed by atoms with Gasteiger partial charge in [-0.2, -0.15) is 0 Å². The molecule has 0 atom stereocenters. The van der Waals surface area contributed by atoms with Crippen molar-refractivity contribution in [2.24, 2.45) is 0 Å². The van der Waals surface area contributed by atoms with E-state index in [1.54, 1.807) is 37.3 Å². The standard InChI is InChI=1S/C19H18ClN3O2S/c1-13-7-9-18(14(2)11-13)26(24,25)23-15-8-10-19(21-12-15)22-17-6-4-3-5-16(17)20/h3-12,23H,1-2H3,(H,21,22). The first-order chi connectivity index (χ1) is 12.3. The second kappa shape index (κ2) is 7.35. The van der Waals surface area contributed by atoms with Gasteiger partial charge in [-0.15, -0.1) is 0 Å². The molecule has 1 aromatic heterocycles. The Bertz CT molecular complexity index is 1030. The van der Waals surface area contributed by atoms with E-state index in [4.69, 9.17) is 11.6 Å². The molecule has 3 rings (SSSR count). The summed E-state index contributed by atoms with van der Waals surface area (Å²) in [6.45, 7) is 3.70. The number of para-hydroxylation sites is 1. The number of rotatable bonds is 5. The van der Waals surface area contributed by atoms with Gasteiger partial charge in [0, 0.05) is 0 Å². The normalized spacial score (nSPS) is 11.2. The van der Waals surface area contributed by atoms with Crippen molar-refractivity contribution in [3.63, 3.8) is 0 Å². The SMILES string of the molecule is Cc1ccc(S(=O)(=O)Nc2ccc(Nc3ccccc3Cl)nc2)c(C)c1. The molecule has 0 bridgehead atoms. The molecule has 26 heavy (non-hydrogen) atoms. The van der Waals surface area contributed by atoms with Crippen LogP contribution in [0, 0.1) is 13.8 Å². The van der Waals surface area contributed by atoms with Crippen molar-refractivity contribution < 1.29 is 8.42 Å². The summed E-state index contributed by atoms with van der Waals surface area (Å²) in [5, 5.41) is 3.67. The summed E-state index contributed by atoms with van der Waals surface area (Å²) in [5.41, 5.74) is 2.82. The molecule has 2 N–H and O–H groups in total. The highest BCUT2D eigenvalue weighted by Crippen LogP contribution is 2.25. The van der Waals surface area contributed by atoms with Crippen LogP contribution in [-0.2, 0) is 10.0 Å². The first-order valence-electron chi connectivity index (χ1n) is 7.93. The summed E-state index contributed by atoms with van der Waals surface area (Å²) in [5.74, 6) is 0.563. The largest absolute Gasteiger partial charge is 0.339 e. The molecule has 134 valence electrons. The van der Waals surface area contributed by atoms with E-state index in [0.29, 0.717) is 22.1 Å². The van der Waals surface area contributed by atoms with Crippen LogP contribution >= 0.6 is 11.6 Å². The lowest BCUT2D eigenvalue weighted by Gasteiger charge is -2.12. The topological polar surface area (TPSA) is 71.1 Å². The minimum absolute atomic E-state index is 0.251. The van der Waals surface area contributed by atoms with E-state index in [-0.39, 0.29) is 4.90 Å². The van der Waals surface area contributed by atoms with Crippen LogP contribution in [-0.4, -0.2) is 13.4 Å². The van der Waals surface area contributed by atoms with Gasteiger partial charge in [0.1, 0.15) is 5.82 Å². The molecular formula is C19H18ClN3O2S. The summed E-state index contributed by atoms with van der Waals surface area (Å²) >= 11 is 6.10. The third-order valence-corrected chi connectivity index (χ3v) is 5.64. The van der Waals surface area contributed by atoms with Crippen LogP contribution in [0.4, 0.5) is 17.2 Å². The van der Waals surface area contributed by atoms with Gasteiger partial charge < -0.3 is 5.32 Å². The molecule has 0 aliphatic heterocycles. The number of halogens is 1. The predicted octanol–water partition coefficient (Wildman–Crippen LogP) is 4.90. The summed E-state index contributed by atoms with van der Waals surface area (Å²) in [6, 6.07) is 15.9. The van der Waals surface area contributed by atoms with Crippen molar-refractivity contribution in [3.8, 4) is 0 Å². The molecule has 0 amide bonds. The van der Waals surface area contributed by atoms with Crippen molar-refractivity contribution in [2.45, 2.75) is 18.7 Å². The molecule has 0 radical (unpaired) electrons. The molecule has 0 saturated carbocycles. The van der Waals surface area contributed by atoms with Crippen molar-refractivity contribution in [1.29, 1.82) is 0 Å². The first-order valence-corrected chi connectivity index (χ1v) is 9.79. The smallest absolute Gasteiger partial charge is 0.262 e. The first kappa shape index (κ1) is 18.2. The number of aromatic nitrogens is 1. The lowest BCUT2D eigenvalue weighted by molar-refractivity contribution is 0.600. The fourth-order valence-electron chi connectivity index (χ4n) is 2.54. The van der Waals surface area contributed by atoms with Crippen molar-refractivity contribution in [2.75, 3.05) is 10.0 Å². The molecule has 3 aromatic rings. The van der Waals surface area contributed by atoms with Gasteiger partial charge in [-0.25, -0.2) is 13.4 Å². The van der Waals surface area contributed by atoms with E-state index < -0.39 is 10.0 Å². The highest BCUT2D eigenvalue weighted by molar-refractivity contribution is 7.92. The van der Waals surface area contributed by atoms with E-state index in [2.05, 4.69) is 15.0 Å². The van der Waals surface area contributed by atoms with Gasteiger partial charge in [0.05, 0.1) is 27.5 Å². The lowest BCUT2D eigenvalue weighted by atomic mass is 10.2. The van der Waals surface area contributed by atoms with Crippen LogP contribution in [0.1, 0.15) is 11.1 Å². The Morgan fingerprint density at radius 1 is 1.00 bits per heavy atom. The van der Waals surface area contributed by atoms with Gasteiger partial charge in [-0.1, -0.05) is 41.4 Å². The van der Waals surface area contributed by atoms with E-state index in [1.807, 2.05) is 31.2 Å². The molecule has 0 fully saturated rings. The lowest BCUT2D eigenvalue weighted by Crippen LogP contribution is -2.14. The van der Waals surface area contributed by atoms with Crippen LogP contribution in [0.2, 0.25) is 5.02 Å². The number of nitrogens with one attached hydrogen (secondary N) is 2. The molecule has 0 aliphatic carbocycles. The maximum Gasteiger partial charge on any atom is 0.262 e. The average Bonchev–Trinajstić information content (AvgIpc) is 2.58.